The minimum atomic E-state index is 0.0301. The minimum absolute atomic E-state index is 0.0301. The number of hydrogen-bond donors (Lipinski definition) is 2. The highest BCUT2D eigenvalue weighted by atomic mass is 35.5. The fourth-order valence-corrected chi connectivity index (χ4v) is 4.26. The quantitative estimate of drug-likeness (QED) is 0.816. The summed E-state index contributed by atoms with van der Waals surface area (Å²) in [7, 11) is 0. The van der Waals surface area contributed by atoms with Crippen LogP contribution < -0.4 is 10.6 Å². The minimum Gasteiger partial charge on any atom is -0.354 e. The van der Waals surface area contributed by atoms with E-state index in [0.717, 1.165) is 50.6 Å². The van der Waals surface area contributed by atoms with Gasteiger partial charge in [0, 0.05) is 24.7 Å². The van der Waals surface area contributed by atoms with Crippen LogP contribution in [-0.2, 0) is 4.79 Å². The molecule has 0 aromatic heterocycles. The number of benzene rings is 1. The van der Waals surface area contributed by atoms with Gasteiger partial charge in [0.25, 0.3) is 0 Å². The standard InChI is InChI=1S/C20H30ClN3O/c1-15(17-6-2-7-18(21)11-17)13-24-10-4-5-16(14-24)12-23-20(25)19-8-3-9-22-19/h2,6-7,11,15-16,19,22H,3-5,8-10,12-14H2,1H3,(H,23,25). The van der Waals surface area contributed by atoms with Crippen molar-refractivity contribution in [2.75, 3.05) is 32.7 Å². The Morgan fingerprint density at radius 3 is 3.04 bits per heavy atom. The molecule has 4 nitrogen and oxygen atoms in total. The molecule has 0 spiro atoms. The van der Waals surface area contributed by atoms with Crippen molar-refractivity contribution >= 4 is 17.5 Å². The maximum atomic E-state index is 12.2. The summed E-state index contributed by atoms with van der Waals surface area (Å²) in [6.07, 6.45) is 4.50. The molecule has 5 heteroatoms. The number of rotatable bonds is 6. The van der Waals surface area contributed by atoms with E-state index in [1.54, 1.807) is 0 Å². The van der Waals surface area contributed by atoms with E-state index in [0.29, 0.717) is 11.8 Å². The highest BCUT2D eigenvalue weighted by Crippen LogP contribution is 2.23. The predicted molar refractivity (Wildman–Crippen MR) is 103 cm³/mol. The Morgan fingerprint density at radius 1 is 1.40 bits per heavy atom. The van der Waals surface area contributed by atoms with Crippen LogP contribution in [0.1, 0.15) is 44.1 Å². The number of carbonyl (C=O) groups excluding carboxylic acids is 1. The molecule has 0 saturated carbocycles. The fraction of sp³-hybridized carbons (Fsp3) is 0.650. The molecule has 0 aliphatic carbocycles. The van der Waals surface area contributed by atoms with E-state index in [1.165, 1.54) is 18.4 Å². The first-order valence-electron chi connectivity index (χ1n) is 9.60. The molecular formula is C20H30ClN3O. The van der Waals surface area contributed by atoms with Gasteiger partial charge in [0.2, 0.25) is 5.91 Å². The summed E-state index contributed by atoms with van der Waals surface area (Å²) in [5, 5.41) is 7.24. The molecule has 2 saturated heterocycles. The highest BCUT2D eigenvalue weighted by molar-refractivity contribution is 6.30. The number of likely N-dealkylation sites (tertiary alicyclic amines) is 1. The van der Waals surface area contributed by atoms with Crippen LogP contribution >= 0.6 is 11.6 Å². The van der Waals surface area contributed by atoms with Crippen molar-refractivity contribution in [1.82, 2.24) is 15.5 Å². The Hall–Kier alpha value is -1.10. The van der Waals surface area contributed by atoms with E-state index in [1.807, 2.05) is 12.1 Å². The van der Waals surface area contributed by atoms with Gasteiger partial charge >= 0.3 is 0 Å². The molecule has 1 aromatic carbocycles. The van der Waals surface area contributed by atoms with Crippen LogP contribution in [0, 0.1) is 5.92 Å². The van der Waals surface area contributed by atoms with E-state index in [4.69, 9.17) is 11.6 Å². The number of nitrogens with one attached hydrogen (secondary N) is 2. The second kappa shape index (κ2) is 9.02. The summed E-state index contributed by atoms with van der Waals surface area (Å²) in [6.45, 7) is 7.32. The number of piperidine rings is 1. The Balaban J connectivity index is 1.45. The molecule has 2 fully saturated rings. The number of halogens is 1. The SMILES string of the molecule is CC(CN1CCCC(CNC(=O)C2CCCN2)C1)c1cccc(Cl)c1. The zero-order valence-corrected chi connectivity index (χ0v) is 15.9. The van der Waals surface area contributed by atoms with Crippen LogP contribution in [-0.4, -0.2) is 49.6 Å². The Labute approximate surface area is 156 Å². The molecule has 2 aliphatic heterocycles. The van der Waals surface area contributed by atoms with Gasteiger partial charge in [-0.25, -0.2) is 0 Å². The van der Waals surface area contributed by atoms with Crippen LogP contribution in [0.2, 0.25) is 5.02 Å². The van der Waals surface area contributed by atoms with Crippen molar-refractivity contribution in [1.29, 1.82) is 0 Å². The van der Waals surface area contributed by atoms with E-state index in [2.05, 4.69) is 34.6 Å². The van der Waals surface area contributed by atoms with Gasteiger partial charge in [-0.2, -0.15) is 0 Å². The number of hydrogen-bond acceptors (Lipinski definition) is 3. The number of amides is 1. The Morgan fingerprint density at radius 2 is 2.28 bits per heavy atom. The lowest BCUT2D eigenvalue weighted by molar-refractivity contribution is -0.123. The van der Waals surface area contributed by atoms with Gasteiger partial charge in [-0.05, 0) is 68.3 Å². The van der Waals surface area contributed by atoms with Gasteiger partial charge in [-0.1, -0.05) is 30.7 Å². The Kier molecular flexibility index (Phi) is 6.74. The van der Waals surface area contributed by atoms with Crippen molar-refractivity contribution in [2.24, 2.45) is 5.92 Å². The molecule has 0 bridgehead atoms. The maximum Gasteiger partial charge on any atom is 0.237 e. The third kappa shape index (κ3) is 5.44. The first-order valence-corrected chi connectivity index (χ1v) is 9.98. The zero-order valence-electron chi connectivity index (χ0n) is 15.1. The predicted octanol–water partition coefficient (Wildman–Crippen LogP) is 3.02. The molecule has 1 amide bonds. The topological polar surface area (TPSA) is 44.4 Å². The second-order valence-electron chi connectivity index (χ2n) is 7.62. The lowest BCUT2D eigenvalue weighted by Gasteiger charge is -2.34. The van der Waals surface area contributed by atoms with Crippen molar-refractivity contribution in [2.45, 2.75) is 44.6 Å². The molecule has 3 atom stereocenters. The zero-order chi connectivity index (χ0) is 17.6. The summed E-state index contributed by atoms with van der Waals surface area (Å²) in [5.74, 6) is 1.21. The molecule has 3 rings (SSSR count). The number of carbonyl (C=O) groups is 1. The van der Waals surface area contributed by atoms with Gasteiger partial charge in [-0.3, -0.25) is 4.79 Å². The molecule has 25 heavy (non-hydrogen) atoms. The molecule has 138 valence electrons. The van der Waals surface area contributed by atoms with Crippen LogP contribution in [0.15, 0.2) is 24.3 Å². The van der Waals surface area contributed by atoms with E-state index >= 15 is 0 Å². The first-order chi connectivity index (χ1) is 12.1. The van der Waals surface area contributed by atoms with Crippen LogP contribution in [0.25, 0.3) is 0 Å². The lowest BCUT2D eigenvalue weighted by atomic mass is 9.95. The third-order valence-corrected chi connectivity index (χ3v) is 5.73. The second-order valence-corrected chi connectivity index (χ2v) is 8.05. The van der Waals surface area contributed by atoms with E-state index < -0.39 is 0 Å². The van der Waals surface area contributed by atoms with Crippen LogP contribution in [0.3, 0.4) is 0 Å². The van der Waals surface area contributed by atoms with E-state index in [-0.39, 0.29) is 11.9 Å². The van der Waals surface area contributed by atoms with Gasteiger partial charge < -0.3 is 15.5 Å². The van der Waals surface area contributed by atoms with Crippen LogP contribution in [0.4, 0.5) is 0 Å². The van der Waals surface area contributed by atoms with Crippen molar-refractivity contribution in [3.05, 3.63) is 34.9 Å². The maximum absolute atomic E-state index is 12.2. The molecule has 2 heterocycles. The smallest absolute Gasteiger partial charge is 0.237 e. The van der Waals surface area contributed by atoms with Gasteiger partial charge in [0.15, 0.2) is 0 Å². The summed E-state index contributed by atoms with van der Waals surface area (Å²) < 4.78 is 0. The largest absolute Gasteiger partial charge is 0.354 e. The molecule has 2 aliphatic rings. The molecule has 3 unspecified atom stereocenters. The van der Waals surface area contributed by atoms with Gasteiger partial charge in [0.05, 0.1) is 6.04 Å². The van der Waals surface area contributed by atoms with Crippen molar-refractivity contribution < 1.29 is 4.79 Å². The average molecular weight is 364 g/mol. The summed E-state index contributed by atoms with van der Waals surface area (Å²) in [6, 6.07) is 8.22. The first kappa shape index (κ1) is 18.7. The third-order valence-electron chi connectivity index (χ3n) is 5.49. The molecule has 1 aromatic rings. The average Bonchev–Trinajstić information content (AvgIpc) is 3.15. The molecule has 0 radical (unpaired) electrons. The number of nitrogens with zero attached hydrogens (tertiary/aromatic N) is 1. The normalized spacial score (nSPS) is 25.7. The van der Waals surface area contributed by atoms with Crippen molar-refractivity contribution in [3.8, 4) is 0 Å². The summed E-state index contributed by atoms with van der Waals surface area (Å²) in [5.41, 5.74) is 1.30. The van der Waals surface area contributed by atoms with E-state index in [9.17, 15) is 4.79 Å². The highest BCUT2D eigenvalue weighted by Gasteiger charge is 2.25. The lowest BCUT2D eigenvalue weighted by Crippen LogP contribution is -2.46. The fourth-order valence-electron chi connectivity index (χ4n) is 4.07. The molecular weight excluding hydrogens is 334 g/mol. The summed E-state index contributed by atoms with van der Waals surface area (Å²) in [4.78, 5) is 14.7. The Bertz CT molecular complexity index is 574. The van der Waals surface area contributed by atoms with Crippen LogP contribution in [0.5, 0.6) is 0 Å². The summed E-state index contributed by atoms with van der Waals surface area (Å²) >= 11 is 6.12. The van der Waals surface area contributed by atoms with Gasteiger partial charge in [-0.15, -0.1) is 0 Å². The van der Waals surface area contributed by atoms with Gasteiger partial charge in [0.1, 0.15) is 0 Å². The van der Waals surface area contributed by atoms with Crippen molar-refractivity contribution in [3.63, 3.8) is 0 Å². The molecule has 2 N–H and O–H groups in total. The monoisotopic (exact) mass is 363 g/mol.